The first-order chi connectivity index (χ1) is 9.24. The number of aryl methyl sites for hydroxylation is 1. The van der Waals surface area contributed by atoms with Crippen LogP contribution >= 0.6 is 0 Å². The maximum Gasteiger partial charge on any atom is 0.417 e. The number of carbonyl (C=O) groups excluding carboxylic acids is 1. The summed E-state index contributed by atoms with van der Waals surface area (Å²) in [6.07, 6.45) is -4.11. The lowest BCUT2D eigenvalue weighted by Gasteiger charge is -2.39. The van der Waals surface area contributed by atoms with Crippen LogP contribution in [0.15, 0.2) is 18.3 Å². The molecule has 110 valence electrons. The van der Waals surface area contributed by atoms with Crippen molar-refractivity contribution in [1.29, 1.82) is 0 Å². The van der Waals surface area contributed by atoms with Crippen LogP contribution in [0.4, 0.5) is 13.2 Å². The zero-order valence-electron chi connectivity index (χ0n) is 10.9. The van der Waals surface area contributed by atoms with Crippen molar-refractivity contribution in [2.24, 2.45) is 0 Å². The second-order valence-corrected chi connectivity index (χ2v) is 4.96. The van der Waals surface area contributed by atoms with E-state index in [0.29, 0.717) is 11.3 Å². The van der Waals surface area contributed by atoms with E-state index in [4.69, 9.17) is 0 Å². The Hall–Kier alpha value is -1.63. The molecule has 1 aliphatic heterocycles. The molecule has 0 saturated carbocycles. The van der Waals surface area contributed by atoms with Crippen molar-refractivity contribution in [3.8, 4) is 0 Å². The van der Waals surface area contributed by atoms with E-state index in [1.165, 1.54) is 4.90 Å². The lowest BCUT2D eigenvalue weighted by molar-refractivity contribution is -0.271. The van der Waals surface area contributed by atoms with E-state index in [0.717, 1.165) is 0 Å². The van der Waals surface area contributed by atoms with Gasteiger partial charge in [-0.1, -0.05) is 0 Å². The number of hydrogen-bond acceptors (Lipinski definition) is 3. The van der Waals surface area contributed by atoms with Crippen LogP contribution in [0.5, 0.6) is 0 Å². The summed E-state index contributed by atoms with van der Waals surface area (Å²) in [5, 5.41) is 9.56. The Balaban J connectivity index is 2.08. The third-order valence-corrected chi connectivity index (χ3v) is 3.64. The van der Waals surface area contributed by atoms with Gasteiger partial charge in [0.15, 0.2) is 5.60 Å². The molecule has 1 N–H and O–H groups in total. The summed E-state index contributed by atoms with van der Waals surface area (Å²) in [5.41, 5.74) is -1.77. The van der Waals surface area contributed by atoms with Gasteiger partial charge < -0.3 is 10.0 Å². The Kier molecular flexibility index (Phi) is 3.73. The summed E-state index contributed by atoms with van der Waals surface area (Å²) >= 11 is 0. The lowest BCUT2D eigenvalue weighted by Crippen LogP contribution is -2.54. The largest absolute Gasteiger partial charge is 0.417 e. The van der Waals surface area contributed by atoms with Crippen molar-refractivity contribution in [1.82, 2.24) is 9.88 Å². The number of amides is 1. The smallest absolute Gasteiger partial charge is 0.380 e. The number of alkyl halides is 3. The van der Waals surface area contributed by atoms with Crippen LogP contribution in [0.2, 0.25) is 0 Å². The van der Waals surface area contributed by atoms with E-state index in [9.17, 15) is 23.1 Å². The molecule has 4 nitrogen and oxygen atoms in total. The fourth-order valence-electron chi connectivity index (χ4n) is 2.24. The van der Waals surface area contributed by atoms with Gasteiger partial charge in [0.05, 0.1) is 5.56 Å². The highest BCUT2D eigenvalue weighted by Gasteiger charge is 2.54. The molecule has 0 aliphatic carbocycles. The van der Waals surface area contributed by atoms with E-state index >= 15 is 0 Å². The van der Waals surface area contributed by atoms with Crippen molar-refractivity contribution in [3.63, 3.8) is 0 Å². The van der Waals surface area contributed by atoms with Crippen LogP contribution in [-0.4, -0.2) is 45.8 Å². The number of aliphatic hydroxyl groups is 1. The number of hydrogen-bond donors (Lipinski definition) is 1. The van der Waals surface area contributed by atoms with E-state index in [2.05, 4.69) is 4.98 Å². The quantitative estimate of drug-likeness (QED) is 0.859. The number of carbonyl (C=O) groups is 1. The average Bonchev–Trinajstić information content (AvgIpc) is 2.38. The highest BCUT2D eigenvalue weighted by atomic mass is 19.4. The number of likely N-dealkylation sites (tertiary alicyclic amines) is 1. The third-order valence-electron chi connectivity index (χ3n) is 3.64. The molecule has 0 unspecified atom stereocenters. The molecule has 0 aromatic carbocycles. The van der Waals surface area contributed by atoms with Gasteiger partial charge in [-0.05, 0) is 19.1 Å². The van der Waals surface area contributed by atoms with Gasteiger partial charge in [0.25, 0.3) is 5.91 Å². The van der Waals surface area contributed by atoms with Crippen molar-refractivity contribution < 1.29 is 23.1 Å². The predicted octanol–water partition coefficient (Wildman–Crippen LogP) is 1.92. The van der Waals surface area contributed by atoms with Crippen LogP contribution in [0.1, 0.15) is 28.9 Å². The van der Waals surface area contributed by atoms with E-state index in [-0.39, 0.29) is 19.0 Å². The number of piperidine rings is 1. The molecule has 7 heteroatoms. The fraction of sp³-hybridized carbons (Fsp3) is 0.538. The van der Waals surface area contributed by atoms with Gasteiger partial charge in [-0.3, -0.25) is 9.78 Å². The Labute approximate surface area is 114 Å². The predicted molar refractivity (Wildman–Crippen MR) is 65.1 cm³/mol. The molecule has 1 saturated heterocycles. The lowest BCUT2D eigenvalue weighted by atomic mass is 9.90. The summed E-state index contributed by atoms with van der Waals surface area (Å²) in [5.74, 6) is -0.347. The molecule has 1 aromatic rings. The van der Waals surface area contributed by atoms with E-state index in [1.807, 2.05) is 0 Å². The maximum absolute atomic E-state index is 12.7. The second kappa shape index (κ2) is 5.05. The van der Waals surface area contributed by atoms with Crippen LogP contribution < -0.4 is 0 Å². The summed E-state index contributed by atoms with van der Waals surface area (Å²) in [6, 6.07) is 3.20. The van der Waals surface area contributed by atoms with E-state index < -0.39 is 24.6 Å². The fourth-order valence-corrected chi connectivity index (χ4v) is 2.24. The van der Waals surface area contributed by atoms with Crippen LogP contribution in [-0.2, 0) is 0 Å². The van der Waals surface area contributed by atoms with Gasteiger partial charge in [-0.25, -0.2) is 0 Å². The number of aromatic nitrogens is 1. The van der Waals surface area contributed by atoms with Gasteiger partial charge >= 0.3 is 6.18 Å². The Morgan fingerprint density at radius 3 is 2.50 bits per heavy atom. The zero-order valence-corrected chi connectivity index (χ0v) is 10.9. The molecule has 1 amide bonds. The van der Waals surface area contributed by atoms with Gasteiger partial charge in [-0.15, -0.1) is 0 Å². The maximum atomic E-state index is 12.7. The van der Waals surface area contributed by atoms with Crippen molar-refractivity contribution in [2.75, 3.05) is 13.1 Å². The SMILES string of the molecule is Cc1ncccc1C(=O)N1CCC(O)(C(F)(F)F)CC1. The minimum atomic E-state index is -4.66. The molecule has 2 rings (SSSR count). The molecule has 1 aliphatic rings. The summed E-state index contributed by atoms with van der Waals surface area (Å²) in [6.45, 7) is 1.43. The monoisotopic (exact) mass is 288 g/mol. The molecule has 2 heterocycles. The third kappa shape index (κ3) is 2.63. The second-order valence-electron chi connectivity index (χ2n) is 4.96. The summed E-state index contributed by atoms with van der Waals surface area (Å²) < 4.78 is 38.0. The molecule has 0 radical (unpaired) electrons. The first-order valence-corrected chi connectivity index (χ1v) is 6.24. The molecule has 0 bridgehead atoms. The Morgan fingerprint density at radius 2 is 2.00 bits per heavy atom. The number of pyridine rings is 1. The van der Waals surface area contributed by atoms with Gasteiger partial charge in [0, 0.05) is 37.8 Å². The van der Waals surface area contributed by atoms with Crippen molar-refractivity contribution >= 4 is 5.91 Å². The van der Waals surface area contributed by atoms with Crippen LogP contribution in [0, 0.1) is 6.92 Å². The Bertz CT molecular complexity index is 509. The molecule has 0 spiro atoms. The molecular weight excluding hydrogens is 273 g/mol. The van der Waals surface area contributed by atoms with E-state index in [1.54, 1.807) is 25.3 Å². The summed E-state index contributed by atoms with van der Waals surface area (Å²) in [4.78, 5) is 17.5. The zero-order chi connectivity index (χ0) is 15.0. The highest BCUT2D eigenvalue weighted by molar-refractivity contribution is 5.95. The number of rotatable bonds is 1. The minimum Gasteiger partial charge on any atom is -0.380 e. The topological polar surface area (TPSA) is 53.4 Å². The normalized spacial score (nSPS) is 18.9. The van der Waals surface area contributed by atoms with Crippen molar-refractivity contribution in [3.05, 3.63) is 29.6 Å². The van der Waals surface area contributed by atoms with Gasteiger partial charge in [0.1, 0.15) is 0 Å². The minimum absolute atomic E-state index is 0.122. The standard InChI is InChI=1S/C13H15F3N2O2/c1-9-10(3-2-6-17-9)11(19)18-7-4-12(20,5-8-18)13(14,15)16/h2-3,6,20H,4-5,7-8H2,1H3. The number of halogens is 3. The van der Waals surface area contributed by atoms with Crippen LogP contribution in [0.3, 0.4) is 0 Å². The first kappa shape index (κ1) is 14.8. The summed E-state index contributed by atoms with van der Waals surface area (Å²) in [7, 11) is 0. The molecular formula is C13H15F3N2O2. The Morgan fingerprint density at radius 1 is 1.40 bits per heavy atom. The highest BCUT2D eigenvalue weighted by Crippen LogP contribution is 2.38. The van der Waals surface area contributed by atoms with Crippen molar-refractivity contribution in [2.45, 2.75) is 31.5 Å². The van der Waals surface area contributed by atoms with Crippen LogP contribution in [0.25, 0.3) is 0 Å². The number of nitrogens with zero attached hydrogens (tertiary/aromatic N) is 2. The van der Waals surface area contributed by atoms with Gasteiger partial charge in [0.2, 0.25) is 0 Å². The average molecular weight is 288 g/mol. The molecule has 0 atom stereocenters. The molecule has 1 aromatic heterocycles. The molecule has 20 heavy (non-hydrogen) atoms. The van der Waals surface area contributed by atoms with Gasteiger partial charge in [-0.2, -0.15) is 13.2 Å². The first-order valence-electron chi connectivity index (χ1n) is 6.24. The molecule has 1 fully saturated rings.